The predicted molar refractivity (Wildman–Crippen MR) is 136 cm³/mol. The van der Waals surface area contributed by atoms with Gasteiger partial charge >= 0.3 is 0 Å². The molecular weight excluding hydrogens is 426 g/mol. The average molecular weight is 456 g/mol. The van der Waals surface area contributed by atoms with Crippen molar-refractivity contribution in [3.63, 3.8) is 0 Å². The fourth-order valence-corrected chi connectivity index (χ4v) is 4.50. The van der Waals surface area contributed by atoms with Crippen molar-refractivity contribution in [2.75, 3.05) is 4.90 Å². The molecule has 0 heterocycles. The van der Waals surface area contributed by atoms with Crippen LogP contribution >= 0.6 is 0 Å². The third-order valence-electron chi connectivity index (χ3n) is 5.86. The fraction of sp³-hybridized carbons (Fsp3) is 0.172. The van der Waals surface area contributed by atoms with Gasteiger partial charge in [-0.3, -0.25) is 0 Å². The van der Waals surface area contributed by atoms with Gasteiger partial charge in [0.1, 0.15) is 28.7 Å². The maximum atomic E-state index is 10.2. The van der Waals surface area contributed by atoms with Crippen LogP contribution < -0.4 is 9.64 Å². The molecule has 0 unspecified atom stereocenters. The van der Waals surface area contributed by atoms with Crippen LogP contribution in [-0.4, -0.2) is 15.3 Å². The number of aryl methyl sites for hydroxylation is 5. The van der Waals surface area contributed by atoms with E-state index in [-0.39, 0.29) is 17.2 Å². The summed E-state index contributed by atoms with van der Waals surface area (Å²) in [5.41, 5.74) is 7.30. The molecule has 0 saturated carbocycles. The minimum atomic E-state index is 0.196. The number of hydrogen-bond acceptors (Lipinski definition) is 5. The highest BCUT2D eigenvalue weighted by Gasteiger charge is 2.22. The normalized spacial score (nSPS) is 10.9. The Bertz CT molecular complexity index is 1270. The van der Waals surface area contributed by atoms with Crippen LogP contribution in [0.25, 0.3) is 0 Å². The standard InChI is InChI=1S/C29H29NO4/c1-17-11-23(31)9-10-27(17)34-26-8-6-7-22(16-26)30(28-18(2)12-24(32)13-19(28)3)29-20(4)14-25(33)15-21(29)5/h6-16,31-33H,1-5H3. The van der Waals surface area contributed by atoms with Gasteiger partial charge in [0, 0.05) is 11.8 Å². The number of nitrogens with zero attached hydrogens (tertiary/aromatic N) is 1. The molecule has 0 fully saturated rings. The Kier molecular flexibility index (Phi) is 6.12. The van der Waals surface area contributed by atoms with Crippen LogP contribution in [0.5, 0.6) is 28.7 Å². The third-order valence-corrected chi connectivity index (χ3v) is 5.86. The number of aromatic hydroxyl groups is 3. The zero-order valence-corrected chi connectivity index (χ0v) is 20.0. The van der Waals surface area contributed by atoms with Crippen LogP contribution in [-0.2, 0) is 0 Å². The van der Waals surface area contributed by atoms with E-state index in [9.17, 15) is 15.3 Å². The first kappa shape index (κ1) is 23.1. The highest BCUT2D eigenvalue weighted by molar-refractivity contribution is 5.84. The first-order valence-corrected chi connectivity index (χ1v) is 11.1. The molecule has 5 heteroatoms. The molecule has 0 saturated heterocycles. The minimum absolute atomic E-state index is 0.196. The zero-order valence-electron chi connectivity index (χ0n) is 20.0. The molecule has 34 heavy (non-hydrogen) atoms. The van der Waals surface area contributed by atoms with E-state index in [4.69, 9.17) is 4.74 Å². The summed E-state index contributed by atoms with van der Waals surface area (Å²) >= 11 is 0. The summed E-state index contributed by atoms with van der Waals surface area (Å²) in [5, 5.41) is 30.0. The monoisotopic (exact) mass is 455 g/mol. The van der Waals surface area contributed by atoms with E-state index in [1.807, 2.05) is 58.9 Å². The van der Waals surface area contributed by atoms with Crippen LogP contribution in [0.2, 0.25) is 0 Å². The second kappa shape index (κ2) is 9.02. The lowest BCUT2D eigenvalue weighted by Crippen LogP contribution is -2.15. The Balaban J connectivity index is 1.90. The van der Waals surface area contributed by atoms with Gasteiger partial charge in [0.05, 0.1) is 11.4 Å². The molecular formula is C29H29NO4. The summed E-state index contributed by atoms with van der Waals surface area (Å²) in [6.07, 6.45) is 0. The third kappa shape index (κ3) is 4.50. The van der Waals surface area contributed by atoms with Gasteiger partial charge in [-0.05, 0) is 117 Å². The van der Waals surface area contributed by atoms with Crippen molar-refractivity contribution in [1.29, 1.82) is 0 Å². The van der Waals surface area contributed by atoms with Crippen molar-refractivity contribution in [1.82, 2.24) is 0 Å². The smallest absolute Gasteiger partial charge is 0.130 e. The number of phenols is 3. The molecule has 4 aromatic rings. The lowest BCUT2D eigenvalue weighted by Gasteiger charge is -2.31. The molecule has 0 radical (unpaired) electrons. The van der Waals surface area contributed by atoms with Gasteiger partial charge in [-0.25, -0.2) is 0 Å². The second-order valence-corrected chi connectivity index (χ2v) is 8.74. The van der Waals surface area contributed by atoms with Crippen LogP contribution in [0.1, 0.15) is 27.8 Å². The Morgan fingerprint density at radius 1 is 0.559 bits per heavy atom. The summed E-state index contributed by atoms with van der Waals surface area (Å²) in [5.74, 6) is 1.95. The molecule has 0 bridgehead atoms. The highest BCUT2D eigenvalue weighted by atomic mass is 16.5. The summed E-state index contributed by atoms with van der Waals surface area (Å²) in [7, 11) is 0. The summed E-state index contributed by atoms with van der Waals surface area (Å²) in [6.45, 7) is 9.78. The summed E-state index contributed by atoms with van der Waals surface area (Å²) < 4.78 is 6.17. The number of benzene rings is 4. The van der Waals surface area contributed by atoms with E-state index in [0.717, 1.165) is 44.9 Å². The van der Waals surface area contributed by atoms with E-state index in [0.29, 0.717) is 11.5 Å². The van der Waals surface area contributed by atoms with Gasteiger partial charge < -0.3 is 25.0 Å². The van der Waals surface area contributed by atoms with Crippen molar-refractivity contribution in [3.05, 3.63) is 94.5 Å². The Hall–Kier alpha value is -4.12. The van der Waals surface area contributed by atoms with E-state index < -0.39 is 0 Å². The molecule has 3 N–H and O–H groups in total. The molecule has 0 atom stereocenters. The molecule has 4 aromatic carbocycles. The van der Waals surface area contributed by atoms with Gasteiger partial charge in [0.25, 0.3) is 0 Å². The average Bonchev–Trinajstić information content (AvgIpc) is 2.73. The maximum Gasteiger partial charge on any atom is 0.130 e. The SMILES string of the molecule is Cc1cc(O)ccc1Oc1cccc(N(c2c(C)cc(O)cc2C)c2c(C)cc(O)cc2C)c1. The first-order valence-electron chi connectivity index (χ1n) is 11.1. The van der Waals surface area contributed by atoms with Gasteiger partial charge in [-0.2, -0.15) is 0 Å². The topological polar surface area (TPSA) is 73.2 Å². The van der Waals surface area contributed by atoms with Crippen molar-refractivity contribution in [2.24, 2.45) is 0 Å². The number of phenolic OH excluding ortho intramolecular Hbond substituents is 3. The van der Waals surface area contributed by atoms with Crippen molar-refractivity contribution < 1.29 is 20.1 Å². The molecule has 0 aliphatic heterocycles. The second-order valence-electron chi connectivity index (χ2n) is 8.74. The minimum Gasteiger partial charge on any atom is -0.508 e. The van der Waals surface area contributed by atoms with Crippen LogP contribution in [0, 0.1) is 34.6 Å². The van der Waals surface area contributed by atoms with Crippen molar-refractivity contribution in [3.8, 4) is 28.7 Å². The number of anilines is 3. The summed E-state index contributed by atoms with van der Waals surface area (Å²) in [6, 6.07) is 19.8. The lowest BCUT2D eigenvalue weighted by molar-refractivity contribution is 0.461. The van der Waals surface area contributed by atoms with Gasteiger partial charge in [0.2, 0.25) is 0 Å². The Morgan fingerprint density at radius 2 is 1.06 bits per heavy atom. The molecule has 5 nitrogen and oxygen atoms in total. The van der Waals surface area contributed by atoms with Crippen molar-refractivity contribution in [2.45, 2.75) is 34.6 Å². The van der Waals surface area contributed by atoms with E-state index in [2.05, 4.69) is 4.90 Å². The molecule has 174 valence electrons. The molecule has 0 aliphatic carbocycles. The predicted octanol–water partition coefficient (Wildman–Crippen LogP) is 7.61. The number of rotatable bonds is 5. The quantitative estimate of drug-likeness (QED) is 0.289. The molecule has 0 aliphatic rings. The molecule has 0 amide bonds. The van der Waals surface area contributed by atoms with E-state index >= 15 is 0 Å². The van der Waals surface area contributed by atoms with E-state index in [1.54, 1.807) is 42.5 Å². The van der Waals surface area contributed by atoms with E-state index in [1.165, 1.54) is 0 Å². The molecule has 0 aromatic heterocycles. The van der Waals surface area contributed by atoms with Crippen LogP contribution in [0.4, 0.5) is 17.1 Å². The number of ether oxygens (including phenoxy) is 1. The molecule has 4 rings (SSSR count). The maximum absolute atomic E-state index is 10.2. The lowest BCUT2D eigenvalue weighted by atomic mass is 10.0. The van der Waals surface area contributed by atoms with Gasteiger partial charge in [-0.15, -0.1) is 0 Å². The number of hydrogen-bond donors (Lipinski definition) is 3. The van der Waals surface area contributed by atoms with Gasteiger partial charge in [-0.1, -0.05) is 6.07 Å². The van der Waals surface area contributed by atoms with Crippen molar-refractivity contribution >= 4 is 17.1 Å². The van der Waals surface area contributed by atoms with Crippen LogP contribution in [0.3, 0.4) is 0 Å². The molecule has 0 spiro atoms. The Morgan fingerprint density at radius 3 is 1.56 bits per heavy atom. The zero-order chi connectivity index (χ0) is 24.6. The first-order chi connectivity index (χ1) is 16.1. The van der Waals surface area contributed by atoms with Gasteiger partial charge in [0.15, 0.2) is 0 Å². The largest absolute Gasteiger partial charge is 0.508 e. The summed E-state index contributed by atoms with van der Waals surface area (Å²) in [4.78, 5) is 2.14. The van der Waals surface area contributed by atoms with Crippen LogP contribution in [0.15, 0.2) is 66.7 Å². The Labute approximate surface area is 200 Å². The highest BCUT2D eigenvalue weighted by Crippen LogP contribution is 2.44. The fourth-order valence-electron chi connectivity index (χ4n) is 4.50.